The first-order valence-corrected chi connectivity index (χ1v) is 8.71. The van der Waals surface area contributed by atoms with Crippen LogP contribution in [0.15, 0.2) is 77.3 Å². The molecule has 0 bridgehead atoms. The maximum atomic E-state index is 11.4. The van der Waals surface area contributed by atoms with Gasteiger partial charge in [0.05, 0.1) is 0 Å². The molecule has 142 valence electrons. The van der Waals surface area contributed by atoms with Crippen LogP contribution in [0, 0.1) is 0 Å². The van der Waals surface area contributed by atoms with Crippen LogP contribution in [-0.2, 0) is 6.42 Å². The first kappa shape index (κ1) is 19.6. The predicted octanol–water partition coefficient (Wildman–Crippen LogP) is 4.26. The zero-order valence-electron chi connectivity index (χ0n) is 15.0. The van der Waals surface area contributed by atoms with Gasteiger partial charge in [-0.15, -0.1) is 12.4 Å². The van der Waals surface area contributed by atoms with E-state index in [0.29, 0.717) is 16.8 Å². The van der Waals surface area contributed by atoms with Crippen molar-refractivity contribution in [2.24, 2.45) is 11.5 Å². The number of rotatable bonds is 5. The lowest BCUT2D eigenvalue weighted by Crippen LogP contribution is -2.14. The molecule has 3 aromatic carbocycles. The monoisotopic (exact) mass is 393 g/mol. The Balaban J connectivity index is 0.00000225. The molecule has 6 heteroatoms. The van der Waals surface area contributed by atoms with E-state index in [9.17, 15) is 4.79 Å². The maximum absolute atomic E-state index is 11.4. The van der Waals surface area contributed by atoms with Crippen LogP contribution in [-0.4, -0.2) is 11.1 Å². The summed E-state index contributed by atoms with van der Waals surface area (Å²) in [5.74, 6) is -0.500. The number of benzene rings is 3. The summed E-state index contributed by atoms with van der Waals surface area (Å²) in [5, 5.41) is 5.05. The number of fused-ring (bicyclic) bond motifs is 1. The highest BCUT2D eigenvalue weighted by molar-refractivity contribution is 5.99. The number of primary amides is 1. The van der Waals surface area contributed by atoms with Gasteiger partial charge in [0, 0.05) is 22.6 Å². The quantitative estimate of drug-likeness (QED) is 0.529. The molecule has 0 saturated heterocycles. The molecule has 0 aliphatic carbocycles. The maximum Gasteiger partial charge on any atom is 0.248 e. The summed E-state index contributed by atoms with van der Waals surface area (Å²) in [4.78, 5) is 11.4. The predicted molar refractivity (Wildman–Crippen MR) is 112 cm³/mol. The average molecular weight is 394 g/mol. The fourth-order valence-corrected chi connectivity index (χ4v) is 3.30. The second kappa shape index (κ2) is 8.25. The van der Waals surface area contributed by atoms with Gasteiger partial charge in [0.1, 0.15) is 5.69 Å². The highest BCUT2D eigenvalue weighted by Crippen LogP contribution is 2.33. The van der Waals surface area contributed by atoms with E-state index in [1.807, 2.05) is 42.5 Å². The van der Waals surface area contributed by atoms with E-state index in [1.54, 1.807) is 18.2 Å². The number of carbonyl (C=O) groups is 1. The third-order valence-electron chi connectivity index (χ3n) is 4.67. The lowest BCUT2D eigenvalue weighted by Gasteiger charge is -2.15. The van der Waals surface area contributed by atoms with Crippen molar-refractivity contribution in [3.8, 4) is 11.3 Å². The van der Waals surface area contributed by atoms with Crippen LogP contribution in [0.3, 0.4) is 0 Å². The van der Waals surface area contributed by atoms with E-state index in [0.717, 1.165) is 22.9 Å². The number of aromatic nitrogens is 1. The lowest BCUT2D eigenvalue weighted by molar-refractivity contribution is 0.100. The lowest BCUT2D eigenvalue weighted by atomic mass is 9.93. The minimum absolute atomic E-state index is 0. The minimum Gasteiger partial charge on any atom is -0.366 e. The molecule has 1 amide bonds. The molecule has 4 N–H and O–H groups in total. The molecular formula is C22H20ClN3O2. The van der Waals surface area contributed by atoms with Gasteiger partial charge in [-0.2, -0.15) is 0 Å². The van der Waals surface area contributed by atoms with Gasteiger partial charge in [-0.3, -0.25) is 4.79 Å². The summed E-state index contributed by atoms with van der Waals surface area (Å²) < 4.78 is 5.45. The molecule has 0 saturated carbocycles. The van der Waals surface area contributed by atoms with Crippen molar-refractivity contribution < 1.29 is 9.32 Å². The molecule has 0 radical (unpaired) electrons. The van der Waals surface area contributed by atoms with E-state index >= 15 is 0 Å². The molecule has 0 spiro atoms. The molecule has 0 aliphatic rings. The minimum atomic E-state index is -0.500. The van der Waals surface area contributed by atoms with Crippen molar-refractivity contribution in [3.05, 3.63) is 89.5 Å². The van der Waals surface area contributed by atoms with Gasteiger partial charge >= 0.3 is 0 Å². The largest absolute Gasteiger partial charge is 0.366 e. The number of carbonyl (C=O) groups excluding carboxylic acids is 1. The summed E-state index contributed by atoms with van der Waals surface area (Å²) in [6, 6.07) is 23.0. The highest BCUT2D eigenvalue weighted by Gasteiger charge is 2.18. The second-order valence-electron chi connectivity index (χ2n) is 6.49. The van der Waals surface area contributed by atoms with Gasteiger partial charge in [-0.25, -0.2) is 0 Å². The van der Waals surface area contributed by atoms with Crippen LogP contribution >= 0.6 is 12.4 Å². The molecule has 0 fully saturated rings. The molecule has 4 rings (SSSR count). The number of hydrogen-bond donors (Lipinski definition) is 2. The Hall–Kier alpha value is -3.15. The average Bonchev–Trinajstić information content (AvgIpc) is 3.11. The standard InChI is InChI=1S/C22H19N3O2.ClH/c23-19(12-14-6-2-1-3-7-14)16-8-4-5-9-17(16)21-18-11-10-15(22(24)26)13-20(18)27-25-21;/h1-11,13,19H,12,23H2,(H2,24,26);1H/t19-;/m0./s1. The Bertz CT molecular complexity index is 1110. The van der Waals surface area contributed by atoms with Gasteiger partial charge in [-0.05, 0) is 35.7 Å². The Labute approximate surface area is 168 Å². The molecule has 0 aliphatic heterocycles. The molecular weight excluding hydrogens is 374 g/mol. The zero-order chi connectivity index (χ0) is 18.8. The van der Waals surface area contributed by atoms with E-state index in [2.05, 4.69) is 17.3 Å². The molecule has 0 unspecified atom stereocenters. The van der Waals surface area contributed by atoms with Gasteiger partial charge in [-0.1, -0.05) is 59.8 Å². The van der Waals surface area contributed by atoms with Crippen LogP contribution in [0.1, 0.15) is 27.5 Å². The van der Waals surface area contributed by atoms with E-state index in [-0.39, 0.29) is 18.4 Å². The van der Waals surface area contributed by atoms with Crippen molar-refractivity contribution in [2.45, 2.75) is 12.5 Å². The third-order valence-corrected chi connectivity index (χ3v) is 4.67. The van der Waals surface area contributed by atoms with Gasteiger partial charge in [0.15, 0.2) is 5.58 Å². The van der Waals surface area contributed by atoms with Crippen molar-refractivity contribution >= 4 is 29.3 Å². The Morgan fingerprint density at radius 3 is 2.46 bits per heavy atom. The molecule has 5 nitrogen and oxygen atoms in total. The van der Waals surface area contributed by atoms with Gasteiger partial charge in [0.25, 0.3) is 0 Å². The van der Waals surface area contributed by atoms with Crippen LogP contribution < -0.4 is 11.5 Å². The van der Waals surface area contributed by atoms with Crippen molar-refractivity contribution in [1.82, 2.24) is 5.16 Å². The molecule has 1 aromatic heterocycles. The van der Waals surface area contributed by atoms with Crippen LogP contribution in [0.5, 0.6) is 0 Å². The van der Waals surface area contributed by atoms with E-state index in [1.165, 1.54) is 5.56 Å². The molecule has 1 atom stereocenters. The molecule has 1 heterocycles. The van der Waals surface area contributed by atoms with Crippen LogP contribution in [0.4, 0.5) is 0 Å². The molecule has 4 aromatic rings. The van der Waals surface area contributed by atoms with Crippen molar-refractivity contribution in [1.29, 1.82) is 0 Å². The topological polar surface area (TPSA) is 95.1 Å². The third kappa shape index (κ3) is 3.76. The highest BCUT2D eigenvalue weighted by atomic mass is 35.5. The first-order chi connectivity index (χ1) is 13.1. The summed E-state index contributed by atoms with van der Waals surface area (Å²) in [5.41, 5.74) is 16.6. The van der Waals surface area contributed by atoms with Gasteiger partial charge < -0.3 is 16.0 Å². The Morgan fingerprint density at radius 2 is 1.71 bits per heavy atom. The summed E-state index contributed by atoms with van der Waals surface area (Å²) in [6.07, 6.45) is 0.722. The van der Waals surface area contributed by atoms with Crippen molar-refractivity contribution in [3.63, 3.8) is 0 Å². The van der Waals surface area contributed by atoms with E-state index in [4.69, 9.17) is 16.0 Å². The number of hydrogen-bond acceptors (Lipinski definition) is 4. The van der Waals surface area contributed by atoms with Gasteiger partial charge in [0.2, 0.25) is 5.91 Å². The smallest absolute Gasteiger partial charge is 0.248 e. The van der Waals surface area contributed by atoms with E-state index < -0.39 is 5.91 Å². The SMILES string of the molecule is Cl.NC(=O)c1ccc2c(-c3ccccc3[C@@H](N)Cc3ccccc3)noc2c1. The van der Waals surface area contributed by atoms with Crippen molar-refractivity contribution in [2.75, 3.05) is 0 Å². The fraction of sp³-hybridized carbons (Fsp3) is 0.0909. The number of amides is 1. The van der Waals surface area contributed by atoms with Crippen LogP contribution in [0.25, 0.3) is 22.2 Å². The number of nitrogens with two attached hydrogens (primary N) is 2. The number of halogens is 1. The summed E-state index contributed by atoms with van der Waals surface area (Å²) >= 11 is 0. The first-order valence-electron chi connectivity index (χ1n) is 8.71. The Morgan fingerprint density at radius 1 is 1.00 bits per heavy atom. The summed E-state index contributed by atoms with van der Waals surface area (Å²) in [6.45, 7) is 0. The summed E-state index contributed by atoms with van der Waals surface area (Å²) in [7, 11) is 0. The molecule has 28 heavy (non-hydrogen) atoms. The zero-order valence-corrected chi connectivity index (χ0v) is 15.9. The fourth-order valence-electron chi connectivity index (χ4n) is 3.30. The second-order valence-corrected chi connectivity index (χ2v) is 6.49. The van der Waals surface area contributed by atoms with Crippen LogP contribution in [0.2, 0.25) is 0 Å². The number of nitrogens with zero attached hydrogens (tertiary/aromatic N) is 1. The normalized spacial score (nSPS) is 11.8. The Kier molecular flexibility index (Phi) is 5.78.